The highest BCUT2D eigenvalue weighted by Crippen LogP contribution is 2.17. The van der Waals surface area contributed by atoms with Crippen LogP contribution in [-0.4, -0.2) is 69.4 Å². The standard InChI is InChI=1S/C17H25ClN4O2/c18-14-2-4-15(5-3-14)24-16-12-20-17(21-13-16)19-6-1-7-22-8-10-23-11-9-22/h2-5,16H,1,6-13H2,(H2,19,20,21). The van der Waals surface area contributed by atoms with Gasteiger partial charge in [-0.2, -0.15) is 0 Å². The van der Waals surface area contributed by atoms with E-state index in [-0.39, 0.29) is 6.10 Å². The predicted molar refractivity (Wildman–Crippen MR) is 96.1 cm³/mol. The highest BCUT2D eigenvalue weighted by atomic mass is 35.5. The molecule has 1 unspecified atom stereocenters. The second-order valence-electron chi connectivity index (χ2n) is 6.00. The van der Waals surface area contributed by atoms with Gasteiger partial charge >= 0.3 is 0 Å². The van der Waals surface area contributed by atoms with E-state index in [1.54, 1.807) is 0 Å². The van der Waals surface area contributed by atoms with Gasteiger partial charge in [0.2, 0.25) is 0 Å². The van der Waals surface area contributed by atoms with Gasteiger partial charge in [0.1, 0.15) is 11.9 Å². The van der Waals surface area contributed by atoms with Crippen LogP contribution >= 0.6 is 11.6 Å². The molecule has 24 heavy (non-hydrogen) atoms. The van der Waals surface area contributed by atoms with Crippen LogP contribution in [0.4, 0.5) is 0 Å². The Kier molecular flexibility index (Phi) is 6.57. The summed E-state index contributed by atoms with van der Waals surface area (Å²) in [4.78, 5) is 6.96. The molecule has 7 heteroatoms. The number of hydrogen-bond acceptors (Lipinski definition) is 6. The van der Waals surface area contributed by atoms with Crippen LogP contribution in [0.15, 0.2) is 29.3 Å². The van der Waals surface area contributed by atoms with Gasteiger partial charge in [0.25, 0.3) is 0 Å². The summed E-state index contributed by atoms with van der Waals surface area (Å²) in [7, 11) is 0. The van der Waals surface area contributed by atoms with Crippen molar-refractivity contribution in [1.29, 1.82) is 0 Å². The van der Waals surface area contributed by atoms with Gasteiger partial charge in [0, 0.05) is 24.7 Å². The minimum atomic E-state index is 0.0464. The third-order valence-electron chi connectivity index (χ3n) is 4.11. The molecular formula is C17H25ClN4O2. The number of guanidine groups is 1. The molecule has 1 aromatic rings. The summed E-state index contributed by atoms with van der Waals surface area (Å²) in [5.74, 6) is 1.69. The fourth-order valence-electron chi connectivity index (χ4n) is 2.76. The van der Waals surface area contributed by atoms with Gasteiger partial charge in [-0.1, -0.05) is 11.6 Å². The number of aliphatic imine (C=N–C) groups is 1. The minimum absolute atomic E-state index is 0.0464. The van der Waals surface area contributed by atoms with Crippen molar-refractivity contribution in [3.8, 4) is 5.75 Å². The van der Waals surface area contributed by atoms with Crippen molar-refractivity contribution < 1.29 is 9.47 Å². The molecule has 3 rings (SSSR count). The Labute approximate surface area is 148 Å². The lowest BCUT2D eigenvalue weighted by atomic mass is 10.3. The van der Waals surface area contributed by atoms with Crippen LogP contribution in [0, 0.1) is 0 Å². The molecule has 1 saturated heterocycles. The zero-order valence-corrected chi connectivity index (χ0v) is 14.6. The minimum Gasteiger partial charge on any atom is -0.487 e. The van der Waals surface area contributed by atoms with E-state index in [9.17, 15) is 0 Å². The summed E-state index contributed by atoms with van der Waals surface area (Å²) in [5, 5.41) is 7.37. The molecule has 0 bridgehead atoms. The first kappa shape index (κ1) is 17.3. The van der Waals surface area contributed by atoms with E-state index in [0.717, 1.165) is 64.1 Å². The van der Waals surface area contributed by atoms with E-state index < -0.39 is 0 Å². The van der Waals surface area contributed by atoms with Crippen molar-refractivity contribution in [2.75, 3.05) is 52.5 Å². The van der Waals surface area contributed by atoms with E-state index in [1.807, 2.05) is 24.3 Å². The smallest absolute Gasteiger partial charge is 0.191 e. The van der Waals surface area contributed by atoms with Gasteiger partial charge < -0.3 is 20.1 Å². The molecular weight excluding hydrogens is 328 g/mol. The lowest BCUT2D eigenvalue weighted by molar-refractivity contribution is 0.0376. The Bertz CT molecular complexity index is 532. The first-order valence-electron chi connectivity index (χ1n) is 8.54. The molecule has 1 atom stereocenters. The van der Waals surface area contributed by atoms with Gasteiger partial charge in [0.15, 0.2) is 5.96 Å². The number of benzene rings is 1. The normalized spacial score (nSPS) is 21.7. The first-order valence-corrected chi connectivity index (χ1v) is 8.92. The first-order chi connectivity index (χ1) is 11.8. The molecule has 1 aromatic carbocycles. The van der Waals surface area contributed by atoms with Crippen molar-refractivity contribution in [3.05, 3.63) is 29.3 Å². The molecule has 6 nitrogen and oxygen atoms in total. The van der Waals surface area contributed by atoms with Crippen LogP contribution in [0.3, 0.4) is 0 Å². The molecule has 2 aliphatic rings. The largest absolute Gasteiger partial charge is 0.487 e. The van der Waals surface area contributed by atoms with Crippen LogP contribution in [0.2, 0.25) is 5.02 Å². The maximum Gasteiger partial charge on any atom is 0.191 e. The second-order valence-corrected chi connectivity index (χ2v) is 6.43. The third kappa shape index (κ3) is 5.54. The van der Waals surface area contributed by atoms with Crippen molar-refractivity contribution in [1.82, 2.24) is 15.5 Å². The third-order valence-corrected chi connectivity index (χ3v) is 4.37. The molecule has 0 saturated carbocycles. The van der Waals surface area contributed by atoms with Crippen LogP contribution < -0.4 is 15.4 Å². The van der Waals surface area contributed by atoms with E-state index in [2.05, 4.69) is 20.5 Å². The van der Waals surface area contributed by atoms with E-state index in [1.165, 1.54) is 0 Å². The number of nitrogens with one attached hydrogen (secondary N) is 2. The summed E-state index contributed by atoms with van der Waals surface area (Å²) in [6, 6.07) is 7.42. The van der Waals surface area contributed by atoms with Gasteiger partial charge in [-0.3, -0.25) is 4.90 Å². The quantitative estimate of drug-likeness (QED) is 0.757. The molecule has 0 amide bonds. The monoisotopic (exact) mass is 352 g/mol. The van der Waals surface area contributed by atoms with E-state index >= 15 is 0 Å². The van der Waals surface area contributed by atoms with Gasteiger partial charge in [-0.25, -0.2) is 4.99 Å². The maximum atomic E-state index is 5.89. The summed E-state index contributed by atoms with van der Waals surface area (Å²) in [5.41, 5.74) is 0. The molecule has 0 aromatic heterocycles. The lowest BCUT2D eigenvalue weighted by Gasteiger charge is -2.27. The van der Waals surface area contributed by atoms with Gasteiger partial charge in [0.05, 0.1) is 26.3 Å². The summed E-state index contributed by atoms with van der Waals surface area (Å²) >= 11 is 5.88. The highest BCUT2D eigenvalue weighted by Gasteiger charge is 2.16. The van der Waals surface area contributed by atoms with Crippen LogP contribution in [0.1, 0.15) is 6.42 Å². The Morgan fingerprint density at radius 2 is 2.08 bits per heavy atom. The number of morpholine rings is 1. The Balaban J connectivity index is 1.32. The van der Waals surface area contributed by atoms with Crippen molar-refractivity contribution >= 4 is 17.6 Å². The number of hydrogen-bond donors (Lipinski definition) is 2. The van der Waals surface area contributed by atoms with Crippen molar-refractivity contribution in [2.24, 2.45) is 4.99 Å². The topological polar surface area (TPSA) is 58.1 Å². The summed E-state index contributed by atoms with van der Waals surface area (Å²) in [6.07, 6.45) is 1.15. The fourth-order valence-corrected chi connectivity index (χ4v) is 2.89. The molecule has 0 spiro atoms. The van der Waals surface area contributed by atoms with Gasteiger partial charge in [-0.15, -0.1) is 0 Å². The fraction of sp³-hybridized carbons (Fsp3) is 0.588. The number of nitrogens with zero attached hydrogens (tertiary/aromatic N) is 2. The second kappa shape index (κ2) is 9.11. The van der Waals surface area contributed by atoms with Crippen LogP contribution in [0.5, 0.6) is 5.75 Å². The molecule has 0 radical (unpaired) electrons. The molecule has 0 aliphatic carbocycles. The molecule has 1 fully saturated rings. The predicted octanol–water partition coefficient (Wildman–Crippen LogP) is 1.36. The van der Waals surface area contributed by atoms with Gasteiger partial charge in [-0.05, 0) is 37.2 Å². The zero-order valence-electron chi connectivity index (χ0n) is 13.8. The number of rotatable bonds is 6. The van der Waals surface area contributed by atoms with Crippen LogP contribution in [-0.2, 0) is 4.74 Å². The van der Waals surface area contributed by atoms with E-state index in [0.29, 0.717) is 11.6 Å². The Morgan fingerprint density at radius 1 is 1.29 bits per heavy atom. The highest BCUT2D eigenvalue weighted by molar-refractivity contribution is 6.30. The zero-order chi connectivity index (χ0) is 16.6. The van der Waals surface area contributed by atoms with E-state index in [4.69, 9.17) is 21.1 Å². The molecule has 2 aliphatic heterocycles. The average molecular weight is 353 g/mol. The summed E-state index contributed by atoms with van der Waals surface area (Å²) < 4.78 is 11.2. The number of ether oxygens (including phenoxy) is 2. The number of halogens is 1. The lowest BCUT2D eigenvalue weighted by Crippen LogP contribution is -2.48. The van der Waals surface area contributed by atoms with Crippen molar-refractivity contribution in [2.45, 2.75) is 12.5 Å². The SMILES string of the molecule is Clc1ccc(OC2CN=C(NCCCN3CCOCC3)NC2)cc1. The summed E-state index contributed by atoms with van der Waals surface area (Å²) in [6.45, 7) is 7.23. The Hall–Kier alpha value is -1.50. The average Bonchev–Trinajstić information content (AvgIpc) is 2.63. The molecule has 2 heterocycles. The maximum absolute atomic E-state index is 5.89. The van der Waals surface area contributed by atoms with Crippen molar-refractivity contribution in [3.63, 3.8) is 0 Å². The molecule has 132 valence electrons. The van der Waals surface area contributed by atoms with Crippen LogP contribution in [0.25, 0.3) is 0 Å². The Morgan fingerprint density at radius 3 is 2.79 bits per heavy atom. The molecule has 2 N–H and O–H groups in total.